The predicted molar refractivity (Wildman–Crippen MR) is 129 cm³/mol. The molecular formula is C24H15BrCl2N2O3. The third-order valence-electron chi connectivity index (χ3n) is 4.89. The van der Waals surface area contributed by atoms with Crippen LogP contribution in [0.3, 0.4) is 0 Å². The second-order valence-electron chi connectivity index (χ2n) is 7.06. The average molecular weight is 530 g/mol. The molecule has 5 nitrogen and oxygen atoms in total. The van der Waals surface area contributed by atoms with Crippen molar-refractivity contribution in [1.29, 1.82) is 0 Å². The lowest BCUT2D eigenvalue weighted by Gasteiger charge is -2.26. The standard InChI is InChI=1S/C24H15BrCl2N2O3/c25-20-7-2-1-4-15(20)12-16-9-8-14(11-21(16)27)10-19-22(30)28-24(32)29(23(19)31)18-6-3-5-17(26)13-18/h1-11,13H,12H2,(H,28,30,32)/b19-10+. The molecule has 1 heterocycles. The van der Waals surface area contributed by atoms with Gasteiger partial charge in [0.05, 0.1) is 5.69 Å². The summed E-state index contributed by atoms with van der Waals surface area (Å²) < 4.78 is 0.984. The van der Waals surface area contributed by atoms with E-state index in [9.17, 15) is 14.4 Å². The fourth-order valence-electron chi connectivity index (χ4n) is 3.32. The Labute approximate surface area is 202 Å². The number of amides is 4. The second kappa shape index (κ2) is 9.28. The summed E-state index contributed by atoms with van der Waals surface area (Å²) in [5, 5.41) is 3.05. The summed E-state index contributed by atoms with van der Waals surface area (Å²) in [6.45, 7) is 0. The van der Waals surface area contributed by atoms with Gasteiger partial charge >= 0.3 is 6.03 Å². The van der Waals surface area contributed by atoms with E-state index in [-0.39, 0.29) is 11.3 Å². The maximum atomic E-state index is 13.0. The highest BCUT2D eigenvalue weighted by Gasteiger charge is 2.36. The molecule has 0 aliphatic carbocycles. The fraction of sp³-hybridized carbons (Fsp3) is 0.0417. The molecule has 0 spiro atoms. The molecule has 0 radical (unpaired) electrons. The number of halogens is 3. The summed E-state index contributed by atoms with van der Waals surface area (Å²) >= 11 is 16.0. The van der Waals surface area contributed by atoms with Gasteiger partial charge in [-0.2, -0.15) is 0 Å². The number of hydrogen-bond acceptors (Lipinski definition) is 3. The number of benzene rings is 3. The largest absolute Gasteiger partial charge is 0.335 e. The summed E-state index contributed by atoms with van der Waals surface area (Å²) in [6, 6.07) is 18.6. The summed E-state index contributed by atoms with van der Waals surface area (Å²) in [5.41, 5.74) is 2.62. The Morgan fingerprint density at radius 2 is 1.69 bits per heavy atom. The first-order chi connectivity index (χ1) is 15.3. The molecule has 1 aliphatic rings. The topological polar surface area (TPSA) is 66.5 Å². The van der Waals surface area contributed by atoms with Crippen LogP contribution in [0.2, 0.25) is 10.0 Å². The number of hydrogen-bond donors (Lipinski definition) is 1. The zero-order chi connectivity index (χ0) is 22.8. The molecule has 4 rings (SSSR count). The lowest BCUT2D eigenvalue weighted by atomic mass is 10.0. The molecule has 1 N–H and O–H groups in total. The van der Waals surface area contributed by atoms with Gasteiger partial charge in [-0.25, -0.2) is 9.69 Å². The highest BCUT2D eigenvalue weighted by atomic mass is 79.9. The van der Waals surface area contributed by atoms with Crippen LogP contribution in [0.5, 0.6) is 0 Å². The maximum absolute atomic E-state index is 13.0. The van der Waals surface area contributed by atoms with Crippen LogP contribution in [-0.4, -0.2) is 17.8 Å². The monoisotopic (exact) mass is 528 g/mol. The Bertz CT molecular complexity index is 1290. The van der Waals surface area contributed by atoms with E-state index in [1.807, 2.05) is 30.3 Å². The van der Waals surface area contributed by atoms with Crippen LogP contribution >= 0.6 is 39.1 Å². The average Bonchev–Trinajstić information content (AvgIpc) is 2.74. The number of barbiturate groups is 1. The summed E-state index contributed by atoms with van der Waals surface area (Å²) in [5.74, 6) is -1.51. The van der Waals surface area contributed by atoms with E-state index in [1.54, 1.807) is 30.3 Å². The molecule has 1 aliphatic heterocycles. The molecule has 1 fully saturated rings. The van der Waals surface area contributed by atoms with Crippen LogP contribution < -0.4 is 10.2 Å². The quantitative estimate of drug-likeness (QED) is 0.332. The van der Waals surface area contributed by atoms with Crippen LogP contribution in [0.15, 0.2) is 76.8 Å². The minimum Gasteiger partial charge on any atom is -0.273 e. The molecule has 4 amide bonds. The molecule has 0 unspecified atom stereocenters. The minimum absolute atomic E-state index is 0.181. The van der Waals surface area contributed by atoms with Crippen molar-refractivity contribution in [2.45, 2.75) is 6.42 Å². The number of carbonyl (C=O) groups excluding carboxylic acids is 3. The van der Waals surface area contributed by atoms with Gasteiger partial charge in [0.15, 0.2) is 0 Å². The van der Waals surface area contributed by atoms with Gasteiger partial charge in [0.1, 0.15) is 5.57 Å². The minimum atomic E-state index is -0.832. The molecule has 32 heavy (non-hydrogen) atoms. The summed E-state index contributed by atoms with van der Waals surface area (Å²) in [4.78, 5) is 38.5. The van der Waals surface area contributed by atoms with Gasteiger partial charge in [-0.15, -0.1) is 0 Å². The van der Waals surface area contributed by atoms with Gasteiger partial charge in [-0.1, -0.05) is 75.5 Å². The number of carbonyl (C=O) groups is 3. The molecule has 0 bridgehead atoms. The van der Waals surface area contributed by atoms with Crippen molar-refractivity contribution in [3.05, 3.63) is 104 Å². The molecule has 3 aromatic carbocycles. The Morgan fingerprint density at radius 1 is 0.906 bits per heavy atom. The molecule has 8 heteroatoms. The number of nitrogens with one attached hydrogen (secondary N) is 1. The van der Waals surface area contributed by atoms with E-state index >= 15 is 0 Å². The zero-order valence-corrected chi connectivity index (χ0v) is 19.5. The van der Waals surface area contributed by atoms with Crippen LogP contribution in [0.4, 0.5) is 10.5 Å². The SMILES string of the molecule is O=C1NC(=O)N(c2cccc(Cl)c2)C(=O)/C1=C/c1ccc(Cc2ccccc2Br)c(Cl)c1. The maximum Gasteiger partial charge on any atom is 0.335 e. The smallest absolute Gasteiger partial charge is 0.273 e. The molecule has 0 atom stereocenters. The fourth-order valence-corrected chi connectivity index (χ4v) is 4.18. The Morgan fingerprint density at radius 3 is 2.41 bits per heavy atom. The van der Waals surface area contributed by atoms with Gasteiger partial charge in [0.25, 0.3) is 11.8 Å². The first-order valence-corrected chi connectivity index (χ1v) is 11.1. The summed E-state index contributed by atoms with van der Waals surface area (Å²) in [6.07, 6.45) is 2.03. The third-order valence-corrected chi connectivity index (χ3v) is 6.26. The van der Waals surface area contributed by atoms with Crippen molar-refractivity contribution in [3.8, 4) is 0 Å². The van der Waals surface area contributed by atoms with Crippen LogP contribution in [0.25, 0.3) is 6.08 Å². The number of urea groups is 1. The Hall–Kier alpha value is -2.93. The molecule has 0 saturated carbocycles. The predicted octanol–water partition coefficient (Wildman–Crippen LogP) is 6.01. The van der Waals surface area contributed by atoms with Crippen molar-refractivity contribution in [1.82, 2.24) is 5.32 Å². The first kappa shape index (κ1) is 22.3. The van der Waals surface area contributed by atoms with Gasteiger partial charge in [-0.3, -0.25) is 14.9 Å². The Balaban J connectivity index is 1.64. The van der Waals surface area contributed by atoms with E-state index in [0.29, 0.717) is 22.0 Å². The van der Waals surface area contributed by atoms with Crippen molar-refractivity contribution in [2.75, 3.05) is 4.90 Å². The molecule has 3 aromatic rings. The van der Waals surface area contributed by atoms with E-state index < -0.39 is 17.8 Å². The molecular weight excluding hydrogens is 515 g/mol. The van der Waals surface area contributed by atoms with Gasteiger partial charge < -0.3 is 0 Å². The van der Waals surface area contributed by atoms with Crippen molar-refractivity contribution >= 4 is 68.7 Å². The van der Waals surface area contributed by atoms with Crippen LogP contribution in [-0.2, 0) is 16.0 Å². The number of imide groups is 2. The normalized spacial score (nSPS) is 15.3. The molecule has 160 valence electrons. The molecule has 1 saturated heterocycles. The van der Waals surface area contributed by atoms with Crippen LogP contribution in [0.1, 0.15) is 16.7 Å². The highest BCUT2D eigenvalue weighted by Crippen LogP contribution is 2.27. The van der Waals surface area contributed by atoms with E-state index in [0.717, 1.165) is 20.5 Å². The lowest BCUT2D eigenvalue weighted by Crippen LogP contribution is -2.54. The number of anilines is 1. The highest BCUT2D eigenvalue weighted by molar-refractivity contribution is 9.10. The zero-order valence-electron chi connectivity index (χ0n) is 16.4. The number of nitrogens with zero attached hydrogens (tertiary/aromatic N) is 1. The molecule has 0 aromatic heterocycles. The van der Waals surface area contributed by atoms with Gasteiger partial charge in [-0.05, 0) is 53.1 Å². The lowest BCUT2D eigenvalue weighted by molar-refractivity contribution is -0.122. The third kappa shape index (κ3) is 4.63. The van der Waals surface area contributed by atoms with Crippen molar-refractivity contribution in [3.63, 3.8) is 0 Å². The van der Waals surface area contributed by atoms with Gasteiger partial charge in [0, 0.05) is 20.9 Å². The van der Waals surface area contributed by atoms with E-state index in [2.05, 4.69) is 21.2 Å². The van der Waals surface area contributed by atoms with Crippen molar-refractivity contribution in [2.24, 2.45) is 0 Å². The summed E-state index contributed by atoms with van der Waals surface area (Å²) in [7, 11) is 0. The van der Waals surface area contributed by atoms with E-state index in [1.165, 1.54) is 12.1 Å². The van der Waals surface area contributed by atoms with Gasteiger partial charge in [0.2, 0.25) is 0 Å². The number of rotatable bonds is 4. The Kier molecular flexibility index (Phi) is 6.46. The van der Waals surface area contributed by atoms with Crippen LogP contribution in [0, 0.1) is 0 Å². The second-order valence-corrected chi connectivity index (χ2v) is 8.75. The first-order valence-electron chi connectivity index (χ1n) is 9.52. The van der Waals surface area contributed by atoms with E-state index in [4.69, 9.17) is 23.2 Å². The van der Waals surface area contributed by atoms with Crippen molar-refractivity contribution < 1.29 is 14.4 Å².